The van der Waals surface area contributed by atoms with E-state index in [1.807, 2.05) is 12.1 Å². The van der Waals surface area contributed by atoms with Crippen molar-refractivity contribution in [3.63, 3.8) is 0 Å². The fraction of sp³-hybridized carbons (Fsp3) is 0.444. The predicted octanol–water partition coefficient (Wildman–Crippen LogP) is 3.52. The van der Waals surface area contributed by atoms with Crippen molar-refractivity contribution >= 4 is 17.8 Å². The summed E-state index contributed by atoms with van der Waals surface area (Å²) in [5.74, 6) is 0.348. The summed E-state index contributed by atoms with van der Waals surface area (Å²) in [6.07, 6.45) is 7.43. The Labute approximate surface area is 125 Å². The average Bonchev–Trinajstić information content (AvgIpc) is 2.53. The first kappa shape index (κ1) is 14.1. The van der Waals surface area contributed by atoms with Crippen molar-refractivity contribution in [2.75, 3.05) is 7.11 Å². The standard InChI is InChI=1S/C18H20O3/c1-3-18-9-8-15(19)11-14(18)6-4-12-10-13(17(20)21-2)5-7-16(12)18/h4-7,10,14H,3,8-9,11H2,1-2H3/t14-,18+/m1/s1. The summed E-state index contributed by atoms with van der Waals surface area (Å²) in [5, 5.41) is 0. The van der Waals surface area contributed by atoms with E-state index >= 15 is 0 Å². The Morgan fingerprint density at radius 3 is 2.95 bits per heavy atom. The Kier molecular flexibility index (Phi) is 3.44. The molecule has 21 heavy (non-hydrogen) atoms. The van der Waals surface area contributed by atoms with Gasteiger partial charge in [0, 0.05) is 18.3 Å². The van der Waals surface area contributed by atoms with E-state index in [-0.39, 0.29) is 11.4 Å². The molecule has 3 nitrogen and oxygen atoms in total. The van der Waals surface area contributed by atoms with Crippen LogP contribution in [0.15, 0.2) is 24.3 Å². The van der Waals surface area contributed by atoms with Crippen LogP contribution in [0.3, 0.4) is 0 Å². The summed E-state index contributed by atoms with van der Waals surface area (Å²) < 4.78 is 4.79. The van der Waals surface area contributed by atoms with Gasteiger partial charge < -0.3 is 4.74 Å². The number of allylic oxidation sites excluding steroid dienone is 1. The summed E-state index contributed by atoms with van der Waals surface area (Å²) in [5.41, 5.74) is 2.99. The van der Waals surface area contributed by atoms with Crippen LogP contribution in [-0.2, 0) is 14.9 Å². The molecule has 1 saturated carbocycles. The van der Waals surface area contributed by atoms with Crippen molar-refractivity contribution in [2.45, 2.75) is 38.0 Å². The highest BCUT2D eigenvalue weighted by Gasteiger charge is 2.44. The van der Waals surface area contributed by atoms with Crippen molar-refractivity contribution in [2.24, 2.45) is 5.92 Å². The molecule has 0 unspecified atom stereocenters. The second kappa shape index (κ2) is 5.14. The molecule has 3 heteroatoms. The molecule has 0 heterocycles. The number of benzene rings is 1. The lowest BCUT2D eigenvalue weighted by molar-refractivity contribution is -0.122. The highest BCUT2D eigenvalue weighted by molar-refractivity contribution is 5.90. The van der Waals surface area contributed by atoms with Gasteiger partial charge in [-0.15, -0.1) is 0 Å². The summed E-state index contributed by atoms with van der Waals surface area (Å²) >= 11 is 0. The van der Waals surface area contributed by atoms with E-state index in [1.54, 1.807) is 0 Å². The number of esters is 1. The van der Waals surface area contributed by atoms with Gasteiger partial charge in [-0.3, -0.25) is 4.79 Å². The third kappa shape index (κ3) is 2.11. The van der Waals surface area contributed by atoms with Crippen LogP contribution in [0, 0.1) is 5.92 Å². The fourth-order valence-corrected chi connectivity index (χ4v) is 3.93. The average molecular weight is 284 g/mol. The minimum Gasteiger partial charge on any atom is -0.465 e. The number of carbonyl (C=O) groups is 2. The summed E-state index contributed by atoms with van der Waals surface area (Å²) in [6.45, 7) is 2.19. The third-order valence-electron chi connectivity index (χ3n) is 5.16. The second-order valence-corrected chi connectivity index (χ2v) is 6.01. The second-order valence-electron chi connectivity index (χ2n) is 6.01. The van der Waals surface area contributed by atoms with Crippen LogP contribution in [0.5, 0.6) is 0 Å². The molecule has 1 aromatic rings. The van der Waals surface area contributed by atoms with Crippen LogP contribution in [0.1, 0.15) is 54.1 Å². The molecular weight excluding hydrogens is 264 g/mol. The first-order chi connectivity index (χ1) is 10.1. The largest absolute Gasteiger partial charge is 0.465 e. The van der Waals surface area contributed by atoms with Gasteiger partial charge in [0.05, 0.1) is 12.7 Å². The fourth-order valence-electron chi connectivity index (χ4n) is 3.93. The van der Waals surface area contributed by atoms with Crippen LogP contribution >= 0.6 is 0 Å². The maximum atomic E-state index is 11.8. The first-order valence-corrected chi connectivity index (χ1v) is 7.53. The van der Waals surface area contributed by atoms with E-state index in [4.69, 9.17) is 4.74 Å². The summed E-state index contributed by atoms with van der Waals surface area (Å²) in [4.78, 5) is 23.5. The molecule has 0 aromatic heterocycles. The van der Waals surface area contributed by atoms with Gasteiger partial charge in [0.1, 0.15) is 5.78 Å². The van der Waals surface area contributed by atoms with E-state index in [0.717, 1.165) is 18.4 Å². The molecular formula is C18H20O3. The first-order valence-electron chi connectivity index (χ1n) is 7.53. The van der Waals surface area contributed by atoms with Crippen molar-refractivity contribution < 1.29 is 14.3 Å². The third-order valence-corrected chi connectivity index (χ3v) is 5.16. The van der Waals surface area contributed by atoms with Crippen LogP contribution in [-0.4, -0.2) is 18.9 Å². The monoisotopic (exact) mass is 284 g/mol. The van der Waals surface area contributed by atoms with Gasteiger partial charge in [0.2, 0.25) is 0 Å². The number of rotatable bonds is 2. The predicted molar refractivity (Wildman–Crippen MR) is 81.1 cm³/mol. The zero-order valence-electron chi connectivity index (χ0n) is 12.5. The quantitative estimate of drug-likeness (QED) is 0.780. The van der Waals surface area contributed by atoms with Gasteiger partial charge in [0.15, 0.2) is 0 Å². The maximum Gasteiger partial charge on any atom is 0.337 e. The number of fused-ring (bicyclic) bond motifs is 3. The van der Waals surface area contributed by atoms with Gasteiger partial charge in [-0.1, -0.05) is 25.1 Å². The Morgan fingerprint density at radius 2 is 2.24 bits per heavy atom. The molecule has 110 valence electrons. The Balaban J connectivity index is 2.08. The Morgan fingerprint density at radius 1 is 1.43 bits per heavy atom. The van der Waals surface area contributed by atoms with Crippen LogP contribution < -0.4 is 0 Å². The molecule has 0 amide bonds. The van der Waals surface area contributed by atoms with E-state index in [0.29, 0.717) is 30.1 Å². The summed E-state index contributed by atoms with van der Waals surface area (Å²) in [6, 6.07) is 5.80. The molecule has 2 aliphatic carbocycles. The number of carbonyl (C=O) groups excluding carboxylic acids is 2. The summed E-state index contributed by atoms with van der Waals surface area (Å²) in [7, 11) is 1.40. The molecule has 0 spiro atoms. The number of Topliss-reactive ketones (excluding diaryl/α,β-unsaturated/α-hetero) is 1. The lowest BCUT2D eigenvalue weighted by atomic mass is 9.58. The number of methoxy groups -OCH3 is 1. The topological polar surface area (TPSA) is 43.4 Å². The van der Waals surface area contributed by atoms with Crippen molar-refractivity contribution in [1.29, 1.82) is 0 Å². The normalized spacial score (nSPS) is 27.0. The minimum absolute atomic E-state index is 0.0483. The molecule has 0 aliphatic heterocycles. The highest BCUT2D eigenvalue weighted by atomic mass is 16.5. The van der Waals surface area contributed by atoms with Gasteiger partial charge in [-0.25, -0.2) is 4.79 Å². The molecule has 3 rings (SSSR count). The van der Waals surface area contributed by atoms with Crippen molar-refractivity contribution in [1.82, 2.24) is 0 Å². The Bertz CT molecular complexity index is 629. The zero-order chi connectivity index (χ0) is 15.0. The maximum absolute atomic E-state index is 11.8. The van der Waals surface area contributed by atoms with E-state index < -0.39 is 0 Å². The molecule has 2 aliphatic rings. The molecule has 0 N–H and O–H groups in total. The molecule has 0 bridgehead atoms. The molecule has 1 fully saturated rings. The van der Waals surface area contributed by atoms with Crippen molar-refractivity contribution in [3.8, 4) is 0 Å². The molecule has 2 atom stereocenters. The van der Waals surface area contributed by atoms with Gasteiger partial charge >= 0.3 is 5.97 Å². The SMILES string of the molecule is CC[C@]12CCC(=O)C[C@H]1C=Cc1cc(C(=O)OC)ccc12. The van der Waals surface area contributed by atoms with E-state index in [9.17, 15) is 9.59 Å². The van der Waals surface area contributed by atoms with Gasteiger partial charge in [-0.05, 0) is 42.0 Å². The van der Waals surface area contributed by atoms with Crippen LogP contribution in [0.4, 0.5) is 0 Å². The minimum atomic E-state index is -0.308. The smallest absolute Gasteiger partial charge is 0.337 e. The van der Waals surface area contributed by atoms with Crippen LogP contribution in [0.25, 0.3) is 6.08 Å². The number of ether oxygens (including phenoxy) is 1. The van der Waals surface area contributed by atoms with E-state index in [2.05, 4.69) is 25.1 Å². The molecule has 0 saturated heterocycles. The van der Waals surface area contributed by atoms with Gasteiger partial charge in [-0.2, -0.15) is 0 Å². The van der Waals surface area contributed by atoms with Crippen LogP contribution in [0.2, 0.25) is 0 Å². The molecule has 1 aromatic carbocycles. The molecule has 0 radical (unpaired) electrons. The number of ketones is 1. The lowest BCUT2D eigenvalue weighted by Crippen LogP contribution is -2.41. The van der Waals surface area contributed by atoms with Gasteiger partial charge in [0.25, 0.3) is 0 Å². The lowest BCUT2D eigenvalue weighted by Gasteiger charge is -2.45. The zero-order valence-corrected chi connectivity index (χ0v) is 12.5. The number of hydrogen-bond donors (Lipinski definition) is 0. The van der Waals surface area contributed by atoms with E-state index in [1.165, 1.54) is 12.7 Å². The number of hydrogen-bond acceptors (Lipinski definition) is 3. The Hall–Kier alpha value is -1.90. The highest BCUT2D eigenvalue weighted by Crippen LogP contribution is 2.50. The van der Waals surface area contributed by atoms with Crippen molar-refractivity contribution in [3.05, 3.63) is 41.0 Å².